The summed E-state index contributed by atoms with van der Waals surface area (Å²) in [7, 11) is 1.58. The maximum absolute atomic E-state index is 12.4. The smallest absolute Gasteiger partial charge is 0.244 e. The third-order valence-electron chi connectivity index (χ3n) is 5.89. The van der Waals surface area contributed by atoms with Gasteiger partial charge < -0.3 is 19.7 Å². The number of carbonyl (C=O) groups excluding carboxylic acids is 1. The predicted octanol–water partition coefficient (Wildman–Crippen LogP) is 4.53. The number of rotatable bonds is 8. The molecule has 2 aliphatic rings. The molecule has 1 saturated heterocycles. The average molecular weight is 421 g/mol. The van der Waals surface area contributed by atoms with Crippen LogP contribution in [0.3, 0.4) is 0 Å². The van der Waals surface area contributed by atoms with Crippen molar-refractivity contribution in [2.45, 2.75) is 51.5 Å². The molecule has 160 valence electrons. The van der Waals surface area contributed by atoms with Gasteiger partial charge in [-0.2, -0.15) is 0 Å². The molecule has 0 spiro atoms. The van der Waals surface area contributed by atoms with E-state index in [1.165, 1.54) is 32.2 Å². The van der Waals surface area contributed by atoms with Gasteiger partial charge in [0.05, 0.1) is 18.7 Å². The predicted molar refractivity (Wildman–Crippen MR) is 118 cm³/mol. The van der Waals surface area contributed by atoms with Crippen molar-refractivity contribution in [1.29, 1.82) is 0 Å². The number of piperidine rings is 1. The van der Waals surface area contributed by atoms with E-state index in [2.05, 4.69) is 10.2 Å². The summed E-state index contributed by atoms with van der Waals surface area (Å²) in [6.07, 6.45) is 10.9. The number of carbonyl (C=O) groups is 1. The van der Waals surface area contributed by atoms with E-state index in [-0.39, 0.29) is 11.9 Å². The van der Waals surface area contributed by atoms with Gasteiger partial charge in [-0.15, -0.1) is 0 Å². The highest BCUT2D eigenvalue weighted by Crippen LogP contribution is 2.36. The van der Waals surface area contributed by atoms with E-state index >= 15 is 0 Å². The van der Waals surface area contributed by atoms with Crippen LogP contribution in [0.1, 0.15) is 51.0 Å². The molecule has 1 aliphatic carbocycles. The highest BCUT2D eigenvalue weighted by atomic mass is 35.5. The topological polar surface area (TPSA) is 50.8 Å². The fourth-order valence-electron chi connectivity index (χ4n) is 4.36. The molecule has 1 aliphatic heterocycles. The lowest BCUT2D eigenvalue weighted by Gasteiger charge is -2.33. The SMILES string of the molecule is CCOc1c(Cl)cc(/C=C/C(=O)NC2CCN(CC3CCCC3)CC2)cc1OC. The van der Waals surface area contributed by atoms with Crippen LogP contribution in [0.4, 0.5) is 0 Å². The van der Waals surface area contributed by atoms with Gasteiger partial charge in [0.2, 0.25) is 5.91 Å². The van der Waals surface area contributed by atoms with Gasteiger partial charge in [0.1, 0.15) is 0 Å². The molecule has 0 unspecified atom stereocenters. The Morgan fingerprint density at radius 3 is 2.62 bits per heavy atom. The first-order valence-corrected chi connectivity index (χ1v) is 11.2. The standard InChI is InChI=1S/C23H33ClN2O3/c1-3-29-23-20(24)14-18(15-21(23)28-2)8-9-22(27)25-19-10-12-26(13-11-19)16-17-6-4-5-7-17/h8-9,14-15,17,19H,3-7,10-13,16H2,1-2H3,(H,25,27)/b9-8+. The van der Waals surface area contributed by atoms with Gasteiger partial charge in [0.25, 0.3) is 0 Å². The van der Waals surface area contributed by atoms with Crippen molar-refractivity contribution >= 4 is 23.6 Å². The lowest BCUT2D eigenvalue weighted by Crippen LogP contribution is -2.45. The van der Waals surface area contributed by atoms with Crippen LogP contribution in [0.25, 0.3) is 6.08 Å². The maximum atomic E-state index is 12.4. The summed E-state index contributed by atoms with van der Waals surface area (Å²) in [4.78, 5) is 14.9. The summed E-state index contributed by atoms with van der Waals surface area (Å²) < 4.78 is 10.9. The summed E-state index contributed by atoms with van der Waals surface area (Å²) in [6, 6.07) is 3.85. The Morgan fingerprint density at radius 2 is 1.97 bits per heavy atom. The number of nitrogens with one attached hydrogen (secondary N) is 1. The van der Waals surface area contributed by atoms with Crippen LogP contribution in [0.2, 0.25) is 5.02 Å². The molecule has 3 rings (SSSR count). The van der Waals surface area contributed by atoms with Gasteiger partial charge in [0, 0.05) is 31.8 Å². The van der Waals surface area contributed by atoms with Crippen LogP contribution in [0.15, 0.2) is 18.2 Å². The van der Waals surface area contributed by atoms with Gasteiger partial charge in [-0.3, -0.25) is 4.79 Å². The number of nitrogens with zero attached hydrogens (tertiary/aromatic N) is 1. The van der Waals surface area contributed by atoms with Crippen LogP contribution in [-0.4, -0.2) is 50.2 Å². The number of likely N-dealkylation sites (tertiary alicyclic amines) is 1. The minimum atomic E-state index is -0.0665. The molecular weight excluding hydrogens is 388 g/mol. The molecule has 2 fully saturated rings. The van der Waals surface area contributed by atoms with E-state index in [4.69, 9.17) is 21.1 Å². The Kier molecular flexibility index (Phi) is 8.25. The summed E-state index contributed by atoms with van der Waals surface area (Å²) in [6.45, 7) is 5.80. The van der Waals surface area contributed by atoms with Crippen LogP contribution >= 0.6 is 11.6 Å². The third kappa shape index (κ3) is 6.38. The number of amides is 1. The second kappa shape index (κ2) is 10.9. The Morgan fingerprint density at radius 1 is 1.24 bits per heavy atom. The number of benzene rings is 1. The Labute approximate surface area is 179 Å². The first kappa shape index (κ1) is 22.0. The Hall–Kier alpha value is -1.72. The molecule has 5 nitrogen and oxygen atoms in total. The molecule has 29 heavy (non-hydrogen) atoms. The zero-order valence-electron chi connectivity index (χ0n) is 17.6. The van der Waals surface area contributed by atoms with Gasteiger partial charge in [-0.05, 0) is 62.3 Å². The van der Waals surface area contributed by atoms with E-state index in [9.17, 15) is 4.79 Å². The molecule has 0 radical (unpaired) electrons. The van der Waals surface area contributed by atoms with Crippen molar-refractivity contribution in [3.8, 4) is 11.5 Å². The summed E-state index contributed by atoms with van der Waals surface area (Å²) in [5.41, 5.74) is 0.803. The van der Waals surface area contributed by atoms with Crippen molar-refractivity contribution < 1.29 is 14.3 Å². The summed E-state index contributed by atoms with van der Waals surface area (Å²) in [5.74, 6) is 1.92. The van der Waals surface area contributed by atoms with E-state index in [0.717, 1.165) is 37.4 Å². The second-order valence-electron chi connectivity index (χ2n) is 8.03. The first-order chi connectivity index (χ1) is 14.1. The van der Waals surface area contributed by atoms with E-state index in [0.29, 0.717) is 23.1 Å². The molecule has 1 N–H and O–H groups in total. The van der Waals surface area contributed by atoms with E-state index < -0.39 is 0 Å². The van der Waals surface area contributed by atoms with Gasteiger partial charge in [-0.25, -0.2) is 0 Å². The number of methoxy groups -OCH3 is 1. The van der Waals surface area contributed by atoms with Crippen molar-refractivity contribution in [1.82, 2.24) is 10.2 Å². The van der Waals surface area contributed by atoms with Crippen molar-refractivity contribution in [3.05, 3.63) is 28.8 Å². The fraction of sp³-hybridized carbons (Fsp3) is 0.609. The highest BCUT2D eigenvalue weighted by molar-refractivity contribution is 6.32. The first-order valence-electron chi connectivity index (χ1n) is 10.8. The lowest BCUT2D eigenvalue weighted by molar-refractivity contribution is -0.117. The number of ether oxygens (including phenoxy) is 2. The Bertz CT molecular complexity index is 708. The van der Waals surface area contributed by atoms with Crippen LogP contribution in [0, 0.1) is 5.92 Å². The average Bonchev–Trinajstić information content (AvgIpc) is 3.22. The van der Waals surface area contributed by atoms with E-state index in [1.54, 1.807) is 25.3 Å². The van der Waals surface area contributed by atoms with Crippen molar-refractivity contribution in [2.24, 2.45) is 5.92 Å². The van der Waals surface area contributed by atoms with Crippen molar-refractivity contribution in [3.63, 3.8) is 0 Å². The normalized spacial score (nSPS) is 19.0. The molecule has 1 heterocycles. The summed E-state index contributed by atoms with van der Waals surface area (Å²) in [5, 5.41) is 3.61. The molecular formula is C23H33ClN2O3. The van der Waals surface area contributed by atoms with Crippen LogP contribution in [-0.2, 0) is 4.79 Å². The van der Waals surface area contributed by atoms with E-state index in [1.807, 2.05) is 13.0 Å². The number of hydrogen-bond donors (Lipinski definition) is 1. The fourth-order valence-corrected chi connectivity index (χ4v) is 4.63. The van der Waals surface area contributed by atoms with Crippen LogP contribution in [0.5, 0.6) is 11.5 Å². The molecule has 1 aromatic carbocycles. The molecule has 1 saturated carbocycles. The second-order valence-corrected chi connectivity index (χ2v) is 8.44. The zero-order chi connectivity index (χ0) is 20.6. The molecule has 0 atom stereocenters. The number of hydrogen-bond acceptors (Lipinski definition) is 4. The summed E-state index contributed by atoms with van der Waals surface area (Å²) >= 11 is 6.29. The lowest BCUT2D eigenvalue weighted by atomic mass is 10.0. The van der Waals surface area contributed by atoms with Gasteiger partial charge in [-0.1, -0.05) is 24.4 Å². The zero-order valence-corrected chi connectivity index (χ0v) is 18.3. The van der Waals surface area contributed by atoms with Crippen LogP contribution < -0.4 is 14.8 Å². The minimum Gasteiger partial charge on any atom is -0.493 e. The molecule has 1 amide bonds. The van der Waals surface area contributed by atoms with Gasteiger partial charge >= 0.3 is 0 Å². The largest absolute Gasteiger partial charge is 0.493 e. The molecule has 0 bridgehead atoms. The quantitative estimate of drug-likeness (QED) is 0.627. The minimum absolute atomic E-state index is 0.0665. The Balaban J connectivity index is 1.48. The molecule has 0 aromatic heterocycles. The molecule has 6 heteroatoms. The molecule has 1 aromatic rings. The highest BCUT2D eigenvalue weighted by Gasteiger charge is 2.23. The maximum Gasteiger partial charge on any atom is 0.244 e. The monoisotopic (exact) mass is 420 g/mol. The number of halogens is 1. The third-order valence-corrected chi connectivity index (χ3v) is 6.17. The van der Waals surface area contributed by atoms with Gasteiger partial charge in [0.15, 0.2) is 11.5 Å². The van der Waals surface area contributed by atoms with Crippen molar-refractivity contribution in [2.75, 3.05) is 33.4 Å².